The summed E-state index contributed by atoms with van der Waals surface area (Å²) in [5, 5.41) is 0. The van der Waals surface area contributed by atoms with E-state index in [2.05, 4.69) is 38.1 Å². The van der Waals surface area contributed by atoms with E-state index in [-0.39, 0.29) is 0 Å². The fraction of sp³-hybridized carbons (Fsp3) is 0.667. The summed E-state index contributed by atoms with van der Waals surface area (Å²) in [5.41, 5.74) is 0.300. The molecule has 0 spiro atoms. The number of allylic oxidation sites excluding steroid dienone is 1. The molecule has 0 amide bonds. The van der Waals surface area contributed by atoms with Gasteiger partial charge >= 0.3 is 0 Å². The van der Waals surface area contributed by atoms with Gasteiger partial charge in [0.25, 0.3) is 0 Å². The van der Waals surface area contributed by atoms with Crippen molar-refractivity contribution < 1.29 is 0 Å². The molecule has 1 rings (SSSR count). The Morgan fingerprint density at radius 3 is 2.50 bits per heavy atom. The molecule has 0 fully saturated rings. The third kappa shape index (κ3) is 1.28. The molecule has 0 aromatic carbocycles. The Kier molecular flexibility index (Phi) is 1.93. The summed E-state index contributed by atoms with van der Waals surface area (Å²) in [6.45, 7) is 6.74. The molecule has 1 unspecified atom stereocenters. The second kappa shape index (κ2) is 2.57. The van der Waals surface area contributed by atoms with Crippen molar-refractivity contribution in [3.05, 3.63) is 12.3 Å². The van der Waals surface area contributed by atoms with Crippen LogP contribution in [0.3, 0.4) is 0 Å². The molecular formula is C9H15N. The van der Waals surface area contributed by atoms with Gasteiger partial charge < -0.3 is 0 Å². The van der Waals surface area contributed by atoms with Gasteiger partial charge in [-0.3, -0.25) is 4.99 Å². The lowest BCUT2D eigenvalue weighted by Gasteiger charge is -2.29. The summed E-state index contributed by atoms with van der Waals surface area (Å²) in [5.74, 6) is 0.682. The topological polar surface area (TPSA) is 12.4 Å². The first-order chi connectivity index (χ1) is 4.65. The van der Waals surface area contributed by atoms with E-state index in [9.17, 15) is 0 Å². The number of hydrogen-bond donors (Lipinski definition) is 0. The first-order valence-corrected chi connectivity index (χ1v) is 3.84. The fourth-order valence-electron chi connectivity index (χ4n) is 1.02. The Morgan fingerprint density at radius 2 is 2.20 bits per heavy atom. The normalized spacial score (nSPS) is 31.6. The maximum absolute atomic E-state index is 4.15. The molecule has 1 aliphatic rings. The lowest BCUT2D eigenvalue weighted by molar-refractivity contribution is 0.338. The van der Waals surface area contributed by atoms with Crippen molar-refractivity contribution in [2.45, 2.75) is 27.2 Å². The van der Waals surface area contributed by atoms with E-state index in [1.807, 2.05) is 6.20 Å². The van der Waals surface area contributed by atoms with Gasteiger partial charge in [0.2, 0.25) is 0 Å². The van der Waals surface area contributed by atoms with Crippen molar-refractivity contribution >= 4 is 6.21 Å². The average molecular weight is 137 g/mol. The monoisotopic (exact) mass is 137 g/mol. The summed E-state index contributed by atoms with van der Waals surface area (Å²) in [7, 11) is 0. The number of nitrogens with zero attached hydrogens (tertiary/aromatic N) is 1. The van der Waals surface area contributed by atoms with Crippen molar-refractivity contribution in [1.82, 2.24) is 0 Å². The zero-order valence-electron chi connectivity index (χ0n) is 6.96. The highest BCUT2D eigenvalue weighted by Gasteiger charge is 2.25. The maximum Gasteiger partial charge on any atom is 0.0224 e. The van der Waals surface area contributed by atoms with Gasteiger partial charge in [-0.2, -0.15) is 0 Å². The van der Waals surface area contributed by atoms with Gasteiger partial charge in [0.1, 0.15) is 0 Å². The smallest absolute Gasteiger partial charge is 0.0224 e. The highest BCUT2D eigenvalue weighted by molar-refractivity contribution is 5.67. The largest absolute Gasteiger partial charge is 0.269 e. The molecule has 0 aliphatic carbocycles. The van der Waals surface area contributed by atoms with Crippen LogP contribution in [0, 0.1) is 11.3 Å². The third-order valence-corrected chi connectivity index (χ3v) is 2.44. The van der Waals surface area contributed by atoms with Crippen LogP contribution in [0.1, 0.15) is 27.2 Å². The Morgan fingerprint density at radius 1 is 1.50 bits per heavy atom. The molecule has 1 atom stereocenters. The second-order valence-electron chi connectivity index (χ2n) is 3.53. The maximum atomic E-state index is 4.15. The molecule has 0 aromatic heterocycles. The summed E-state index contributed by atoms with van der Waals surface area (Å²) in [6, 6.07) is 0. The number of rotatable bonds is 1. The van der Waals surface area contributed by atoms with E-state index in [4.69, 9.17) is 0 Å². The van der Waals surface area contributed by atoms with Gasteiger partial charge in [-0.1, -0.05) is 26.8 Å². The molecule has 10 heavy (non-hydrogen) atoms. The highest BCUT2D eigenvalue weighted by atomic mass is 14.7. The lowest BCUT2D eigenvalue weighted by Crippen LogP contribution is -2.25. The molecule has 1 aliphatic heterocycles. The SMILES string of the molecule is CC(C)C1(C)C=NC=CC1. The third-order valence-electron chi connectivity index (χ3n) is 2.44. The summed E-state index contributed by atoms with van der Waals surface area (Å²) in [6.07, 6.45) is 7.22. The molecule has 0 N–H and O–H groups in total. The van der Waals surface area contributed by atoms with Gasteiger partial charge in [-0.25, -0.2) is 0 Å². The Bertz CT molecular complexity index is 168. The minimum Gasteiger partial charge on any atom is -0.269 e. The van der Waals surface area contributed by atoms with E-state index in [0.29, 0.717) is 11.3 Å². The van der Waals surface area contributed by atoms with E-state index < -0.39 is 0 Å². The molecule has 0 aromatic rings. The lowest BCUT2D eigenvalue weighted by atomic mass is 9.77. The molecule has 1 nitrogen and oxygen atoms in total. The Balaban J connectivity index is 2.70. The van der Waals surface area contributed by atoms with Crippen LogP contribution in [-0.4, -0.2) is 6.21 Å². The molecule has 56 valence electrons. The van der Waals surface area contributed by atoms with Gasteiger partial charge in [0.05, 0.1) is 0 Å². The zero-order valence-corrected chi connectivity index (χ0v) is 6.96. The second-order valence-corrected chi connectivity index (χ2v) is 3.53. The van der Waals surface area contributed by atoms with E-state index in [1.54, 1.807) is 0 Å². The summed E-state index contributed by atoms with van der Waals surface area (Å²) in [4.78, 5) is 4.15. The molecular weight excluding hydrogens is 122 g/mol. The first kappa shape index (κ1) is 7.52. The standard InChI is InChI=1S/C9H15N/c1-8(2)9(3)5-4-6-10-7-9/h4,6-8H,5H2,1-3H3. The Labute approximate surface area is 62.9 Å². The average Bonchev–Trinajstić information content (AvgIpc) is 1.89. The van der Waals surface area contributed by atoms with Crippen LogP contribution >= 0.6 is 0 Å². The summed E-state index contributed by atoms with van der Waals surface area (Å²) < 4.78 is 0. The van der Waals surface area contributed by atoms with Gasteiger partial charge in [-0.05, 0) is 12.3 Å². The van der Waals surface area contributed by atoms with Gasteiger partial charge in [0.15, 0.2) is 0 Å². The molecule has 0 saturated carbocycles. The predicted octanol–water partition coefficient (Wildman–Crippen LogP) is 2.64. The van der Waals surface area contributed by atoms with E-state index in [0.717, 1.165) is 6.42 Å². The van der Waals surface area contributed by atoms with Crippen molar-refractivity contribution in [2.75, 3.05) is 0 Å². The minimum atomic E-state index is 0.300. The van der Waals surface area contributed by atoms with Crippen molar-refractivity contribution in [3.8, 4) is 0 Å². The molecule has 0 bridgehead atoms. The van der Waals surface area contributed by atoms with Crippen LogP contribution in [-0.2, 0) is 0 Å². The first-order valence-electron chi connectivity index (χ1n) is 3.84. The van der Waals surface area contributed by atoms with Crippen molar-refractivity contribution in [1.29, 1.82) is 0 Å². The van der Waals surface area contributed by atoms with Gasteiger partial charge in [0, 0.05) is 17.8 Å². The molecule has 1 heterocycles. The van der Waals surface area contributed by atoms with Crippen LogP contribution in [0.5, 0.6) is 0 Å². The van der Waals surface area contributed by atoms with Gasteiger partial charge in [-0.15, -0.1) is 0 Å². The number of hydrogen-bond acceptors (Lipinski definition) is 1. The van der Waals surface area contributed by atoms with Crippen LogP contribution in [0.4, 0.5) is 0 Å². The fourth-order valence-corrected chi connectivity index (χ4v) is 1.02. The minimum absolute atomic E-state index is 0.300. The number of aliphatic imine (C=N–C) groups is 1. The molecule has 1 heteroatoms. The Hall–Kier alpha value is -0.590. The van der Waals surface area contributed by atoms with Crippen LogP contribution in [0.15, 0.2) is 17.3 Å². The molecule has 0 radical (unpaired) electrons. The predicted molar refractivity (Wildman–Crippen MR) is 45.2 cm³/mol. The quantitative estimate of drug-likeness (QED) is 0.527. The van der Waals surface area contributed by atoms with E-state index in [1.165, 1.54) is 0 Å². The van der Waals surface area contributed by atoms with E-state index >= 15 is 0 Å². The highest BCUT2D eigenvalue weighted by Crippen LogP contribution is 2.30. The van der Waals surface area contributed by atoms with Crippen LogP contribution < -0.4 is 0 Å². The zero-order chi connectivity index (χ0) is 7.61. The molecule has 0 saturated heterocycles. The van der Waals surface area contributed by atoms with Crippen LogP contribution in [0.2, 0.25) is 0 Å². The van der Waals surface area contributed by atoms with Crippen molar-refractivity contribution in [2.24, 2.45) is 16.3 Å². The van der Waals surface area contributed by atoms with Crippen molar-refractivity contribution in [3.63, 3.8) is 0 Å². The van der Waals surface area contributed by atoms with Crippen LogP contribution in [0.25, 0.3) is 0 Å². The summed E-state index contributed by atoms with van der Waals surface area (Å²) >= 11 is 0.